The Kier molecular flexibility index (Phi) is 22.9. The third-order valence-corrected chi connectivity index (χ3v) is 9.67. The Hall–Kier alpha value is -4.50. The van der Waals surface area contributed by atoms with Crippen LogP contribution in [0.25, 0.3) is 0 Å². The fourth-order valence-corrected chi connectivity index (χ4v) is 6.93. The molecule has 0 aliphatic rings. The molecule has 0 atom stereocenters. The number of hydrogen-bond donors (Lipinski definition) is 0. The Labute approximate surface area is 338 Å². The van der Waals surface area contributed by atoms with Gasteiger partial charge in [-0.1, -0.05) is 143 Å². The quantitative estimate of drug-likeness (QED) is 0.0314. The largest absolute Gasteiger partial charge is 0.871 e. The summed E-state index contributed by atoms with van der Waals surface area (Å²) in [5, 5.41) is 21.4. The van der Waals surface area contributed by atoms with Crippen LogP contribution in [0.5, 0.6) is 0 Å². The number of aryl methyl sites for hydroxylation is 2. The van der Waals surface area contributed by atoms with Crippen LogP contribution in [0.2, 0.25) is 0 Å². The number of rotatable bonds is 22. The van der Waals surface area contributed by atoms with E-state index in [-0.39, 0.29) is 12.0 Å². The number of unbranched alkanes of at least 4 members (excludes halogenated alkanes) is 6. The van der Waals surface area contributed by atoms with Gasteiger partial charge < -0.3 is 14.7 Å². The number of pyridine rings is 2. The second kappa shape index (κ2) is 28.0. The Balaban J connectivity index is 0.000000241. The molecule has 300 valence electrons. The number of hydrogen-bond acceptors (Lipinski definition) is 5. The van der Waals surface area contributed by atoms with Gasteiger partial charge in [0.15, 0.2) is 13.2 Å². The summed E-state index contributed by atoms with van der Waals surface area (Å²) < 4.78 is 8.52. The van der Waals surface area contributed by atoms with Crippen LogP contribution in [0.15, 0.2) is 140 Å². The molecule has 2 heterocycles. The Morgan fingerprint density at radius 2 is 0.875 bits per heavy atom. The first-order valence-corrected chi connectivity index (χ1v) is 20.9. The maximum absolute atomic E-state index is 10.7. The van der Waals surface area contributed by atoms with E-state index in [9.17, 15) is 10.0 Å². The van der Waals surface area contributed by atoms with Crippen molar-refractivity contribution in [2.24, 2.45) is 0 Å². The second-order valence-corrected chi connectivity index (χ2v) is 13.8. The summed E-state index contributed by atoms with van der Waals surface area (Å²) in [6.07, 6.45) is 17.9. The van der Waals surface area contributed by atoms with Crippen molar-refractivity contribution >= 4 is 7.32 Å². The molecule has 0 fully saturated rings. The highest BCUT2D eigenvalue weighted by Crippen LogP contribution is 2.43. The molecule has 0 radical (unpaired) electrons. The molecule has 2 aromatic heterocycles. The van der Waals surface area contributed by atoms with Crippen LogP contribution in [-0.2, 0) is 22.9 Å². The molecule has 0 N–H and O–H groups in total. The maximum Gasteiger partial charge on any atom is 0.234 e. The number of aromatic nitrogens is 2. The summed E-state index contributed by atoms with van der Waals surface area (Å²) in [6, 6.07) is 43.5. The van der Waals surface area contributed by atoms with Gasteiger partial charge in [-0.3, -0.25) is 9.68 Å². The number of benzene rings is 3. The van der Waals surface area contributed by atoms with Crippen LogP contribution in [0, 0.1) is 0 Å². The third kappa shape index (κ3) is 15.9. The van der Waals surface area contributed by atoms with E-state index in [1.54, 1.807) is 0 Å². The van der Waals surface area contributed by atoms with Crippen LogP contribution in [-0.4, -0.2) is 27.1 Å². The fourth-order valence-electron chi connectivity index (χ4n) is 6.93. The molecule has 0 unspecified atom stereocenters. The molecule has 0 spiro atoms. The lowest BCUT2D eigenvalue weighted by atomic mass is 9.67. The van der Waals surface area contributed by atoms with E-state index in [0.717, 1.165) is 32.5 Å². The Bertz CT molecular complexity index is 1540. The van der Waals surface area contributed by atoms with Crippen LogP contribution < -0.4 is 29.2 Å². The lowest BCUT2D eigenvalue weighted by Crippen LogP contribution is -2.48. The van der Waals surface area contributed by atoms with Crippen molar-refractivity contribution in [3.63, 3.8) is 0 Å². The molecule has 8 heteroatoms. The van der Waals surface area contributed by atoms with E-state index in [1.165, 1.54) is 79.4 Å². The van der Waals surface area contributed by atoms with Gasteiger partial charge in [0, 0.05) is 58.6 Å². The maximum atomic E-state index is 10.7. The topological polar surface area (TPSA) is 81.6 Å². The molecular formula is C48H65BN2O5. The molecule has 56 heavy (non-hydrogen) atoms. The zero-order chi connectivity index (χ0) is 40.1. The summed E-state index contributed by atoms with van der Waals surface area (Å²) in [7, 11) is -2.23. The van der Waals surface area contributed by atoms with Crippen molar-refractivity contribution in [1.29, 1.82) is 0 Å². The van der Waals surface area contributed by atoms with Crippen LogP contribution in [0.1, 0.15) is 120 Å². The molecule has 7 nitrogen and oxygen atoms in total. The molecular weight excluding hydrogens is 695 g/mol. The lowest BCUT2D eigenvalue weighted by molar-refractivity contribution is -0.895. The van der Waals surface area contributed by atoms with Crippen molar-refractivity contribution in [3.05, 3.63) is 168 Å². The van der Waals surface area contributed by atoms with Gasteiger partial charge >= 0.3 is 0 Å². The van der Waals surface area contributed by atoms with Crippen molar-refractivity contribution < 1.29 is 33.8 Å². The first kappa shape index (κ1) is 45.9. The molecule has 3 aromatic carbocycles. The molecule has 0 saturated carbocycles. The van der Waals surface area contributed by atoms with E-state index < -0.39 is 7.32 Å². The van der Waals surface area contributed by atoms with Gasteiger partial charge in [0.25, 0.3) is 0 Å². The molecule has 0 bridgehead atoms. The zero-order valence-electron chi connectivity index (χ0n) is 34.4. The molecule has 5 rings (SSSR count). The molecule has 0 aliphatic heterocycles. The predicted octanol–water partition coefficient (Wildman–Crippen LogP) is 7.61. The van der Waals surface area contributed by atoms with Crippen molar-refractivity contribution in [2.45, 2.75) is 110 Å². The van der Waals surface area contributed by atoms with Crippen molar-refractivity contribution in [3.8, 4) is 0 Å². The fraction of sp³-hybridized carbons (Fsp3) is 0.417. The zero-order valence-corrected chi connectivity index (χ0v) is 34.4. The van der Waals surface area contributed by atoms with Crippen molar-refractivity contribution in [1.82, 2.24) is 0 Å². The number of nitrogens with zero attached hydrogens (tertiary/aromatic N) is 2. The monoisotopic (exact) mass is 760 g/mol. The first-order chi connectivity index (χ1) is 27.5. The van der Waals surface area contributed by atoms with Gasteiger partial charge in [0.2, 0.25) is 23.8 Å². The van der Waals surface area contributed by atoms with E-state index in [1.807, 2.05) is 102 Å². The summed E-state index contributed by atoms with van der Waals surface area (Å²) in [6.45, 7) is 10.1. The van der Waals surface area contributed by atoms with Gasteiger partial charge in [0.1, 0.15) is 0 Å². The normalized spacial score (nSPS) is 10.8. The summed E-state index contributed by atoms with van der Waals surface area (Å²) >= 11 is 0. The lowest BCUT2D eigenvalue weighted by Gasteiger charge is -2.37. The van der Waals surface area contributed by atoms with Crippen molar-refractivity contribution in [2.75, 3.05) is 19.8 Å². The predicted molar refractivity (Wildman–Crippen MR) is 223 cm³/mol. The highest BCUT2D eigenvalue weighted by atomic mass is 16.7. The minimum Gasteiger partial charge on any atom is -0.871 e. The first-order valence-electron chi connectivity index (χ1n) is 20.9. The van der Waals surface area contributed by atoms with Gasteiger partial charge in [0.05, 0.1) is 7.32 Å². The van der Waals surface area contributed by atoms with Gasteiger partial charge in [-0.05, 0) is 68.4 Å². The summed E-state index contributed by atoms with van der Waals surface area (Å²) in [4.78, 5) is 11.0. The third-order valence-electron chi connectivity index (χ3n) is 9.67. The average molecular weight is 761 g/mol. The highest BCUT2D eigenvalue weighted by molar-refractivity contribution is 6.28. The average Bonchev–Trinajstić information content (AvgIpc) is 3.24. The second-order valence-electron chi connectivity index (χ2n) is 13.8. The van der Waals surface area contributed by atoms with E-state index in [2.05, 4.69) is 74.5 Å². The van der Waals surface area contributed by atoms with Gasteiger partial charge in [-0.25, -0.2) is 0 Å². The van der Waals surface area contributed by atoms with Gasteiger partial charge in [-0.15, -0.1) is 0 Å². The molecule has 5 aromatic rings. The van der Waals surface area contributed by atoms with E-state index >= 15 is 0 Å². The smallest absolute Gasteiger partial charge is 0.234 e. The highest BCUT2D eigenvalue weighted by Gasteiger charge is 2.35. The van der Waals surface area contributed by atoms with E-state index in [4.69, 9.17) is 14.3 Å². The standard InChI is InChI=1S/C22H21BO3.2C13H22NO/c24-23(25)26-18-10-17-22(19-11-4-1-5-12-19,20-13-6-2-7-14-20)21-15-8-3-9-16-21;2*1-3-5-6-7-10-13-11-8-9-12-14(13)15-4-2/h1-9,11-16H,10,17-18H2;2*8-9,11-12H,3-7,10H2,1-2H3/q-2;2*+1. The Morgan fingerprint density at radius 3 is 1.23 bits per heavy atom. The SMILES string of the molecule is CCCCCCc1cccc[n+]1OCC.CCCCCCc1cccc[n+]1OCC.[O-]B([O-])OCCCC(c1ccccc1)(c1ccccc1)c1ccccc1. The van der Waals surface area contributed by atoms with E-state index in [0.29, 0.717) is 6.42 Å². The van der Waals surface area contributed by atoms with Crippen LogP contribution >= 0.6 is 0 Å². The van der Waals surface area contributed by atoms with Gasteiger partial charge in [-0.2, -0.15) is 0 Å². The minimum absolute atomic E-state index is 0.159. The minimum atomic E-state index is -2.23. The summed E-state index contributed by atoms with van der Waals surface area (Å²) in [5.74, 6) is 0. The molecule has 0 saturated heterocycles. The summed E-state index contributed by atoms with van der Waals surface area (Å²) in [5.41, 5.74) is 5.72. The molecule has 0 aliphatic carbocycles. The Morgan fingerprint density at radius 1 is 0.482 bits per heavy atom. The van der Waals surface area contributed by atoms with Crippen LogP contribution in [0.3, 0.4) is 0 Å². The van der Waals surface area contributed by atoms with Crippen LogP contribution in [0.4, 0.5) is 0 Å². The molecule has 0 amide bonds.